The molecule has 0 bridgehead atoms. The lowest BCUT2D eigenvalue weighted by molar-refractivity contribution is -0.187. The summed E-state index contributed by atoms with van der Waals surface area (Å²) in [5.41, 5.74) is 3.28. The minimum absolute atomic E-state index is 0.00794. The van der Waals surface area contributed by atoms with Crippen molar-refractivity contribution in [1.29, 1.82) is 0 Å². The zero-order chi connectivity index (χ0) is 29.0. The fourth-order valence-electron chi connectivity index (χ4n) is 3.24. The van der Waals surface area contributed by atoms with E-state index in [0.717, 1.165) is 4.47 Å². The maximum atomic E-state index is 13.0. The highest BCUT2D eigenvalue weighted by atomic mass is 79.9. The number of rotatable bonds is 8. The molecule has 0 spiro atoms. The van der Waals surface area contributed by atoms with Crippen molar-refractivity contribution in [2.24, 2.45) is 5.73 Å². The van der Waals surface area contributed by atoms with Crippen molar-refractivity contribution in [2.45, 2.75) is 25.2 Å². The van der Waals surface area contributed by atoms with E-state index >= 15 is 0 Å². The Hall–Kier alpha value is -3.61. The molecule has 0 radical (unpaired) electrons. The maximum Gasteiger partial charge on any atom is 0.415 e. The van der Waals surface area contributed by atoms with Crippen molar-refractivity contribution in [3.05, 3.63) is 86.8 Å². The Morgan fingerprint density at radius 3 is 2.13 bits per heavy atom. The fraction of sp³-hybridized carbons (Fsp3) is 0.192. The molecule has 8 nitrogen and oxygen atoms in total. The fourth-order valence-corrected chi connectivity index (χ4v) is 3.71. The lowest BCUT2D eigenvalue weighted by Crippen LogP contribution is -2.61. The van der Waals surface area contributed by atoms with Gasteiger partial charge in [-0.1, -0.05) is 33.6 Å². The van der Waals surface area contributed by atoms with Crippen molar-refractivity contribution >= 4 is 56.6 Å². The molecule has 0 aliphatic heterocycles. The molecule has 0 aliphatic rings. The third-order valence-electron chi connectivity index (χ3n) is 5.59. The first-order chi connectivity index (χ1) is 18.2. The molecule has 3 amide bonds. The van der Waals surface area contributed by atoms with E-state index < -0.39 is 29.4 Å². The zero-order valence-electron chi connectivity index (χ0n) is 20.6. The Labute approximate surface area is 235 Å². The second-order valence-electron chi connectivity index (χ2n) is 8.53. The Balaban J connectivity index is 1.76. The summed E-state index contributed by atoms with van der Waals surface area (Å²) in [4.78, 5) is 37.9. The number of carbonyl (C=O) groups excluding carboxylic acids is 3. The van der Waals surface area contributed by atoms with Gasteiger partial charge in [0.1, 0.15) is 5.75 Å². The molecule has 1 atom stereocenters. The van der Waals surface area contributed by atoms with Gasteiger partial charge in [-0.2, -0.15) is 13.2 Å². The number of nitrogens with one attached hydrogen (secondary N) is 3. The summed E-state index contributed by atoms with van der Waals surface area (Å²) < 4.78 is 45.1. The average Bonchev–Trinajstić information content (AvgIpc) is 2.88. The topological polar surface area (TPSA) is 123 Å². The summed E-state index contributed by atoms with van der Waals surface area (Å²) in [6.07, 6.45) is -4.95. The lowest BCUT2D eigenvalue weighted by Gasteiger charge is -2.26. The van der Waals surface area contributed by atoms with Gasteiger partial charge in [-0.05, 0) is 67.1 Å². The van der Waals surface area contributed by atoms with Crippen LogP contribution in [-0.2, 0) is 11.3 Å². The maximum absolute atomic E-state index is 13.0. The number of amides is 3. The second-order valence-corrected chi connectivity index (χ2v) is 9.85. The number of hydrogen-bond acceptors (Lipinski definition) is 5. The number of hydrogen-bond donors (Lipinski definition) is 4. The van der Waals surface area contributed by atoms with Gasteiger partial charge in [-0.3, -0.25) is 14.4 Å². The summed E-state index contributed by atoms with van der Waals surface area (Å²) in [5, 5.41) is 7.55. The Morgan fingerprint density at radius 1 is 0.923 bits per heavy atom. The highest BCUT2D eigenvalue weighted by Gasteiger charge is 2.53. The molecule has 5 N–H and O–H groups in total. The molecule has 3 rings (SSSR count). The first-order valence-electron chi connectivity index (χ1n) is 11.2. The van der Waals surface area contributed by atoms with Crippen LogP contribution in [0, 0.1) is 0 Å². The van der Waals surface area contributed by atoms with E-state index in [9.17, 15) is 27.6 Å². The van der Waals surface area contributed by atoms with Gasteiger partial charge in [-0.25, -0.2) is 0 Å². The van der Waals surface area contributed by atoms with Gasteiger partial charge in [0.05, 0.1) is 23.3 Å². The third-order valence-corrected chi connectivity index (χ3v) is 6.45. The Kier molecular flexibility index (Phi) is 9.26. The number of halogens is 5. The highest BCUT2D eigenvalue weighted by Crippen LogP contribution is 2.29. The van der Waals surface area contributed by atoms with Gasteiger partial charge in [0.15, 0.2) is 5.54 Å². The summed E-state index contributed by atoms with van der Waals surface area (Å²) in [6.45, 7) is 0.230. The van der Waals surface area contributed by atoms with Crippen LogP contribution >= 0.6 is 27.5 Å². The molecule has 13 heteroatoms. The molecule has 0 fully saturated rings. The Bertz CT molecular complexity index is 1400. The Morgan fingerprint density at radius 2 is 1.51 bits per heavy atom. The number of benzene rings is 3. The molecule has 0 heterocycles. The van der Waals surface area contributed by atoms with Gasteiger partial charge in [-0.15, -0.1) is 0 Å². The summed E-state index contributed by atoms with van der Waals surface area (Å²) >= 11 is 9.50. The molecule has 0 aromatic heterocycles. The van der Waals surface area contributed by atoms with Crippen LogP contribution in [0.15, 0.2) is 65.1 Å². The minimum Gasteiger partial charge on any atom is -0.496 e. The number of methoxy groups -OCH3 is 1. The van der Waals surface area contributed by atoms with Gasteiger partial charge in [0.2, 0.25) is 5.91 Å². The van der Waals surface area contributed by atoms with Crippen LogP contribution in [0.1, 0.15) is 33.2 Å². The van der Waals surface area contributed by atoms with Crippen LogP contribution < -0.4 is 26.4 Å². The molecule has 3 aromatic carbocycles. The summed E-state index contributed by atoms with van der Waals surface area (Å²) in [7, 11) is 1.40. The molecular weight excluding hydrogens is 605 g/mol. The molecule has 0 saturated heterocycles. The van der Waals surface area contributed by atoms with Crippen LogP contribution in [0.4, 0.5) is 24.5 Å². The van der Waals surface area contributed by atoms with Gasteiger partial charge in [0, 0.05) is 22.4 Å². The SMILES string of the molecule is COc1ccc(NC(=O)c2cc(CNC(=O)C(C)(N)C(F)(F)F)ccc2Cl)cc1C(=O)Nc1ccc(Br)cc1. The van der Waals surface area contributed by atoms with E-state index in [-0.39, 0.29) is 34.1 Å². The first-order valence-corrected chi connectivity index (χ1v) is 12.4. The molecule has 0 saturated carbocycles. The number of anilines is 2. The van der Waals surface area contributed by atoms with Crippen molar-refractivity contribution in [2.75, 3.05) is 17.7 Å². The van der Waals surface area contributed by atoms with E-state index in [1.54, 1.807) is 24.3 Å². The first kappa shape index (κ1) is 29.9. The van der Waals surface area contributed by atoms with Gasteiger partial charge >= 0.3 is 6.18 Å². The summed E-state index contributed by atoms with van der Waals surface area (Å²) in [5.74, 6) is -2.30. The monoisotopic (exact) mass is 626 g/mol. The van der Waals surface area contributed by atoms with Crippen LogP contribution in [0.3, 0.4) is 0 Å². The lowest BCUT2D eigenvalue weighted by atomic mass is 10.0. The standard InChI is InChI=1S/C26H23BrClF3N4O4/c1-25(32,26(29,30)31)24(38)33-13-14-3-9-20(28)18(11-14)22(36)35-17-8-10-21(39-2)19(12-17)23(37)34-16-6-4-15(27)5-7-16/h3-12H,13,32H2,1-2H3,(H,33,38)(H,34,37)(H,35,36). The smallest absolute Gasteiger partial charge is 0.415 e. The van der Waals surface area contributed by atoms with Crippen molar-refractivity contribution in [1.82, 2.24) is 5.32 Å². The molecule has 0 aliphatic carbocycles. The van der Waals surface area contributed by atoms with Crippen molar-refractivity contribution in [3.8, 4) is 5.75 Å². The zero-order valence-corrected chi connectivity index (χ0v) is 22.9. The molecular formula is C26H23BrClF3N4O4. The molecule has 39 heavy (non-hydrogen) atoms. The predicted octanol–water partition coefficient (Wildman–Crippen LogP) is 5.51. The normalized spacial score (nSPS) is 12.7. The van der Waals surface area contributed by atoms with E-state index in [1.807, 2.05) is 0 Å². The predicted molar refractivity (Wildman–Crippen MR) is 145 cm³/mol. The van der Waals surface area contributed by atoms with Gasteiger partial charge in [0.25, 0.3) is 11.8 Å². The third kappa shape index (κ3) is 7.28. The van der Waals surface area contributed by atoms with E-state index in [2.05, 4.69) is 31.9 Å². The minimum atomic E-state index is -4.95. The second kappa shape index (κ2) is 12.1. The highest BCUT2D eigenvalue weighted by molar-refractivity contribution is 9.10. The molecule has 1 unspecified atom stereocenters. The largest absolute Gasteiger partial charge is 0.496 e. The van der Waals surface area contributed by atoms with Gasteiger partial charge < -0.3 is 26.4 Å². The van der Waals surface area contributed by atoms with E-state index in [1.165, 1.54) is 43.5 Å². The molecule has 3 aromatic rings. The average molecular weight is 628 g/mol. The molecule has 206 valence electrons. The number of carbonyl (C=O) groups is 3. The number of ether oxygens (including phenoxy) is 1. The van der Waals surface area contributed by atoms with Crippen molar-refractivity contribution in [3.63, 3.8) is 0 Å². The quantitative estimate of drug-likeness (QED) is 0.262. The van der Waals surface area contributed by atoms with E-state index in [0.29, 0.717) is 18.2 Å². The van der Waals surface area contributed by atoms with Crippen molar-refractivity contribution < 1.29 is 32.3 Å². The van der Waals surface area contributed by atoms with E-state index in [4.69, 9.17) is 22.1 Å². The summed E-state index contributed by atoms with van der Waals surface area (Å²) in [6, 6.07) is 15.5. The number of alkyl halides is 3. The van der Waals surface area contributed by atoms with Crippen LogP contribution in [0.25, 0.3) is 0 Å². The van der Waals surface area contributed by atoms with Crippen LogP contribution in [-0.4, -0.2) is 36.5 Å². The van der Waals surface area contributed by atoms with Crippen LogP contribution in [0.5, 0.6) is 5.75 Å². The number of nitrogens with two attached hydrogens (primary N) is 1. The van der Waals surface area contributed by atoms with Crippen LogP contribution in [0.2, 0.25) is 5.02 Å².